The van der Waals surface area contributed by atoms with Gasteiger partial charge >= 0.3 is 0 Å². The van der Waals surface area contributed by atoms with Crippen molar-refractivity contribution in [3.63, 3.8) is 0 Å². The Kier molecular flexibility index (Phi) is 13.2. The van der Waals surface area contributed by atoms with Gasteiger partial charge in [0.25, 0.3) is 0 Å². The maximum Gasteiger partial charge on any atom is 0.161 e. The van der Waals surface area contributed by atoms with Crippen molar-refractivity contribution in [1.82, 2.24) is 9.80 Å². The van der Waals surface area contributed by atoms with Gasteiger partial charge in [0, 0.05) is 25.2 Å². The topological polar surface area (TPSA) is 80.3 Å². The highest BCUT2D eigenvalue weighted by atomic mass is 16.5. The molecule has 0 aromatic heterocycles. The lowest BCUT2D eigenvalue weighted by atomic mass is 9.85. The van der Waals surface area contributed by atoms with Crippen molar-refractivity contribution in [2.75, 3.05) is 83.1 Å². The van der Waals surface area contributed by atoms with Crippen molar-refractivity contribution in [3.8, 4) is 46.0 Å². The SMILES string of the molecule is COc1cc2c(cc1OC)C[C@@H]1c3cc(OC)c(OC)cc3CCN1CCCCN1CCc3cc(OC)c(OC)cc3[C@@H]1Cc1cc(OC)c(OC)cc1C/C=C/C2. The number of nitrogens with zero attached hydrogens (tertiary/aromatic N) is 2. The van der Waals surface area contributed by atoms with Crippen LogP contribution in [0.15, 0.2) is 60.7 Å². The largest absolute Gasteiger partial charge is 0.493 e. The molecule has 4 aromatic carbocycles. The fraction of sp³-hybridized carbons (Fsp3) is 0.458. The smallest absolute Gasteiger partial charge is 0.161 e. The van der Waals surface area contributed by atoms with E-state index in [0.29, 0.717) is 0 Å². The standard InChI is InChI=1S/C48H60N2O8/c1-51-41-23-31-13-9-10-14-32-24-42(52-2)46(56-6)28-36(32)22-40-38-30-48(58-8)44(54-4)26-34(38)16-20-50(40)18-12-11-17-49-19-15-33-25-43(53-3)47(57-7)29-37(33)39(49)21-35(31)27-45(41)55-5/h9-10,23-30,39-40H,11-22H2,1-8H3/b10-9+/t39-,40+. The third kappa shape index (κ3) is 8.41. The van der Waals surface area contributed by atoms with E-state index in [1.54, 1.807) is 56.9 Å². The summed E-state index contributed by atoms with van der Waals surface area (Å²) < 4.78 is 46.7. The summed E-state index contributed by atoms with van der Waals surface area (Å²) >= 11 is 0. The molecular weight excluding hydrogens is 733 g/mol. The minimum Gasteiger partial charge on any atom is -0.493 e. The summed E-state index contributed by atoms with van der Waals surface area (Å²) in [4.78, 5) is 5.37. The number of hydrogen-bond acceptors (Lipinski definition) is 10. The number of fused-ring (bicyclic) bond motifs is 8. The molecule has 0 aliphatic carbocycles. The molecule has 0 unspecified atom stereocenters. The molecule has 0 bridgehead atoms. The molecule has 0 saturated carbocycles. The molecule has 7 rings (SSSR count). The van der Waals surface area contributed by atoms with E-state index in [1.807, 2.05) is 0 Å². The third-order valence-corrected chi connectivity index (χ3v) is 12.4. The van der Waals surface area contributed by atoms with E-state index in [2.05, 4.69) is 70.5 Å². The van der Waals surface area contributed by atoms with Gasteiger partial charge in [-0.1, -0.05) is 12.2 Å². The molecule has 3 aliphatic rings. The van der Waals surface area contributed by atoms with Gasteiger partial charge in [0.05, 0.1) is 56.9 Å². The summed E-state index contributed by atoms with van der Waals surface area (Å²) in [5.74, 6) is 6.03. The second kappa shape index (κ2) is 18.7. The molecule has 0 radical (unpaired) electrons. The quantitative estimate of drug-likeness (QED) is 0.163. The first-order valence-corrected chi connectivity index (χ1v) is 20.5. The molecule has 0 amide bonds. The van der Waals surface area contributed by atoms with Gasteiger partial charge in [0.15, 0.2) is 46.0 Å². The lowest BCUT2D eigenvalue weighted by Crippen LogP contribution is -2.39. The zero-order valence-electron chi connectivity index (χ0n) is 35.6. The molecule has 4 aromatic rings. The van der Waals surface area contributed by atoms with Gasteiger partial charge in [0.1, 0.15) is 0 Å². The predicted molar refractivity (Wildman–Crippen MR) is 227 cm³/mol. The number of methoxy groups -OCH3 is 8. The van der Waals surface area contributed by atoms with Crippen LogP contribution in [0.3, 0.4) is 0 Å². The highest BCUT2D eigenvalue weighted by Crippen LogP contribution is 2.44. The van der Waals surface area contributed by atoms with Crippen molar-refractivity contribution in [2.45, 2.75) is 63.5 Å². The lowest BCUT2D eigenvalue weighted by Gasteiger charge is -2.40. The third-order valence-electron chi connectivity index (χ3n) is 12.4. The fourth-order valence-corrected chi connectivity index (χ4v) is 9.33. The molecular formula is C48H60N2O8. The molecule has 0 saturated heterocycles. The maximum atomic E-state index is 5.88. The van der Waals surface area contributed by atoms with E-state index in [4.69, 9.17) is 37.9 Å². The zero-order valence-corrected chi connectivity index (χ0v) is 35.6. The van der Waals surface area contributed by atoms with Crippen LogP contribution in [0.4, 0.5) is 0 Å². The Morgan fingerprint density at radius 3 is 0.983 bits per heavy atom. The Morgan fingerprint density at radius 2 is 0.655 bits per heavy atom. The van der Waals surface area contributed by atoms with E-state index in [0.717, 1.165) is 124 Å². The highest BCUT2D eigenvalue weighted by Gasteiger charge is 2.33. The summed E-state index contributed by atoms with van der Waals surface area (Å²) in [6.07, 6.45) is 11.8. The number of benzene rings is 4. The maximum absolute atomic E-state index is 5.88. The molecule has 2 atom stereocenters. The van der Waals surface area contributed by atoms with Crippen LogP contribution < -0.4 is 37.9 Å². The lowest BCUT2D eigenvalue weighted by molar-refractivity contribution is 0.158. The van der Waals surface area contributed by atoms with Gasteiger partial charge in [-0.3, -0.25) is 9.80 Å². The molecule has 10 nitrogen and oxygen atoms in total. The number of rotatable bonds is 8. The Bertz CT molecular complexity index is 1950. The van der Waals surface area contributed by atoms with Crippen molar-refractivity contribution in [3.05, 3.63) is 105 Å². The van der Waals surface area contributed by atoms with Crippen LogP contribution in [0, 0.1) is 0 Å². The van der Waals surface area contributed by atoms with Gasteiger partial charge in [0.2, 0.25) is 0 Å². The monoisotopic (exact) mass is 792 g/mol. The molecule has 3 aliphatic heterocycles. The highest BCUT2D eigenvalue weighted by molar-refractivity contribution is 5.54. The second-order valence-electron chi connectivity index (χ2n) is 15.4. The van der Waals surface area contributed by atoms with Crippen LogP contribution in [0.1, 0.15) is 69.4 Å². The Labute approximate surface area is 344 Å². The molecule has 10 heteroatoms. The van der Waals surface area contributed by atoms with Crippen molar-refractivity contribution in [2.24, 2.45) is 0 Å². The average Bonchev–Trinajstić information content (AvgIpc) is 3.26. The molecule has 58 heavy (non-hydrogen) atoms. The van der Waals surface area contributed by atoms with Crippen LogP contribution in [-0.4, -0.2) is 92.9 Å². The molecule has 0 spiro atoms. The van der Waals surface area contributed by atoms with Crippen LogP contribution >= 0.6 is 0 Å². The van der Waals surface area contributed by atoms with Crippen LogP contribution in [-0.2, 0) is 38.5 Å². The Hall–Kier alpha value is -5.06. The minimum absolute atomic E-state index is 0.148. The van der Waals surface area contributed by atoms with Gasteiger partial charge in [-0.25, -0.2) is 0 Å². The summed E-state index contributed by atoms with van der Waals surface area (Å²) in [5, 5.41) is 0. The first-order chi connectivity index (χ1) is 28.4. The van der Waals surface area contributed by atoms with E-state index in [-0.39, 0.29) is 12.1 Å². The van der Waals surface area contributed by atoms with Crippen LogP contribution in [0.5, 0.6) is 46.0 Å². The Balaban J connectivity index is 1.32. The fourth-order valence-electron chi connectivity index (χ4n) is 9.33. The van der Waals surface area contributed by atoms with Gasteiger partial charge in [-0.15, -0.1) is 0 Å². The van der Waals surface area contributed by atoms with E-state index in [1.165, 1.54) is 44.5 Å². The molecule has 0 N–H and O–H groups in total. The van der Waals surface area contributed by atoms with Crippen molar-refractivity contribution >= 4 is 0 Å². The van der Waals surface area contributed by atoms with E-state index in [9.17, 15) is 0 Å². The van der Waals surface area contributed by atoms with Gasteiger partial charge in [-0.05, 0) is 157 Å². The first kappa shape index (κ1) is 41.1. The van der Waals surface area contributed by atoms with Crippen molar-refractivity contribution in [1.29, 1.82) is 0 Å². The van der Waals surface area contributed by atoms with Gasteiger partial charge < -0.3 is 37.9 Å². The summed E-state index contributed by atoms with van der Waals surface area (Å²) in [7, 11) is 13.7. The number of ether oxygens (including phenoxy) is 8. The molecule has 3 heterocycles. The molecule has 310 valence electrons. The van der Waals surface area contributed by atoms with Crippen LogP contribution in [0.2, 0.25) is 0 Å². The van der Waals surface area contributed by atoms with E-state index < -0.39 is 0 Å². The average molecular weight is 793 g/mol. The number of allylic oxidation sites excluding steroid dienone is 2. The van der Waals surface area contributed by atoms with Gasteiger partial charge in [-0.2, -0.15) is 0 Å². The normalized spacial score (nSPS) is 19.2. The summed E-state index contributed by atoms with van der Waals surface area (Å²) in [6, 6.07) is 17.7. The minimum atomic E-state index is 0.148. The summed E-state index contributed by atoms with van der Waals surface area (Å²) in [6.45, 7) is 3.92. The zero-order chi connectivity index (χ0) is 40.8. The summed E-state index contributed by atoms with van der Waals surface area (Å²) in [5.41, 5.74) is 10.2. The predicted octanol–water partition coefficient (Wildman–Crippen LogP) is 8.17. The second-order valence-corrected chi connectivity index (χ2v) is 15.4. The van der Waals surface area contributed by atoms with Crippen LogP contribution in [0.25, 0.3) is 0 Å². The Morgan fingerprint density at radius 1 is 0.362 bits per heavy atom. The van der Waals surface area contributed by atoms with E-state index >= 15 is 0 Å². The molecule has 0 fully saturated rings. The van der Waals surface area contributed by atoms with Crippen molar-refractivity contribution < 1.29 is 37.9 Å². The number of hydrogen-bond donors (Lipinski definition) is 0. The first-order valence-electron chi connectivity index (χ1n) is 20.5.